The number of amides is 1. The summed E-state index contributed by atoms with van der Waals surface area (Å²) in [6.07, 6.45) is 0. The predicted octanol–water partition coefficient (Wildman–Crippen LogP) is 1.58. The average molecular weight is 594 g/mol. The molecule has 2 N–H and O–H groups in total. The number of rotatable bonds is 10. The number of halogens is 1. The number of carbonyl (C=O) groups is 4. The molecule has 0 aliphatic carbocycles. The number of nitro benzene ring substituents is 1. The van der Waals surface area contributed by atoms with Crippen LogP contribution in [-0.2, 0) is 33.9 Å². The minimum absolute atomic E-state index is 0.292. The number of nitrogens with one attached hydrogen (secondary N) is 1. The molecule has 0 radical (unpaired) electrons. The first-order valence-corrected chi connectivity index (χ1v) is 13.2. The van der Waals surface area contributed by atoms with Crippen molar-refractivity contribution in [2.45, 2.75) is 37.1 Å². The number of alkyl halides is 1. The number of aliphatic carboxylic acids is 1. The van der Waals surface area contributed by atoms with Gasteiger partial charge in [-0.15, -0.1) is 0 Å². The Morgan fingerprint density at radius 3 is 2.40 bits per heavy atom. The maximum absolute atomic E-state index is 13.0. The van der Waals surface area contributed by atoms with Crippen LogP contribution in [0.4, 0.5) is 5.69 Å². The van der Waals surface area contributed by atoms with E-state index in [1.54, 1.807) is 13.8 Å². The molecule has 1 amide bonds. The number of β-lactam (4-membered cyclic amide) rings is 1. The van der Waals surface area contributed by atoms with Crippen molar-refractivity contribution < 1.29 is 42.4 Å². The summed E-state index contributed by atoms with van der Waals surface area (Å²) in [4.78, 5) is 59.1. The highest BCUT2D eigenvalue weighted by molar-refractivity contribution is 9.09. The van der Waals surface area contributed by atoms with E-state index in [1.165, 1.54) is 12.1 Å². The second kappa shape index (κ2) is 11.3. The second-order valence-corrected chi connectivity index (χ2v) is 10.7. The van der Waals surface area contributed by atoms with E-state index in [4.69, 9.17) is 4.74 Å². The van der Waals surface area contributed by atoms with Gasteiger partial charge in [-0.2, -0.15) is 4.72 Å². The lowest BCUT2D eigenvalue weighted by molar-refractivity contribution is -0.387. The van der Waals surface area contributed by atoms with Gasteiger partial charge in [0.2, 0.25) is 15.9 Å². The number of thioether (sulfide) groups is 1. The van der Waals surface area contributed by atoms with E-state index in [0.717, 1.165) is 19.1 Å². The molecular weight excluding hydrogens is 574 g/mol. The number of carbonyl (C=O) groups excluding carboxylic acids is 3. The van der Waals surface area contributed by atoms with Gasteiger partial charge in [0.25, 0.3) is 5.69 Å². The first-order valence-electron chi connectivity index (χ1n) is 9.73. The van der Waals surface area contributed by atoms with Crippen molar-refractivity contribution >= 4 is 66.4 Å². The lowest BCUT2D eigenvalue weighted by atomic mass is 10.1. The molecule has 16 heteroatoms. The van der Waals surface area contributed by atoms with Crippen LogP contribution in [0.25, 0.3) is 0 Å². The summed E-state index contributed by atoms with van der Waals surface area (Å²) in [5, 5.41) is 18.8. The molecule has 1 aliphatic rings. The van der Waals surface area contributed by atoms with Crippen LogP contribution in [0.1, 0.15) is 20.8 Å². The van der Waals surface area contributed by atoms with Gasteiger partial charge < -0.3 is 9.84 Å². The van der Waals surface area contributed by atoms with E-state index in [2.05, 4.69) is 15.9 Å². The molecule has 0 bridgehead atoms. The summed E-state index contributed by atoms with van der Waals surface area (Å²) in [7, 11) is -4.65. The van der Waals surface area contributed by atoms with E-state index in [0.29, 0.717) is 16.7 Å². The minimum Gasteiger partial charge on any atom is -0.476 e. The van der Waals surface area contributed by atoms with Crippen molar-refractivity contribution in [1.29, 1.82) is 0 Å². The zero-order valence-electron chi connectivity index (χ0n) is 18.5. The number of benzene rings is 1. The zero-order chi connectivity index (χ0) is 26.7. The van der Waals surface area contributed by atoms with Crippen molar-refractivity contribution in [3.05, 3.63) is 45.8 Å². The second-order valence-electron chi connectivity index (χ2n) is 7.32. The van der Waals surface area contributed by atoms with Crippen molar-refractivity contribution in [1.82, 2.24) is 9.62 Å². The fourth-order valence-corrected chi connectivity index (χ4v) is 5.90. The number of likely N-dealkylation sites (tertiary alicyclic amines) is 1. The van der Waals surface area contributed by atoms with E-state index in [1.807, 2.05) is 4.72 Å². The first-order chi connectivity index (χ1) is 16.2. The summed E-state index contributed by atoms with van der Waals surface area (Å²) in [5.74, 6) is -4.62. The Labute approximate surface area is 212 Å². The molecule has 13 nitrogen and oxygen atoms in total. The summed E-state index contributed by atoms with van der Waals surface area (Å²) < 4.78 is 32.8. The highest BCUT2D eigenvalue weighted by atomic mass is 79.9. The van der Waals surface area contributed by atoms with Gasteiger partial charge in [0.05, 0.1) is 10.3 Å². The Bertz CT molecular complexity index is 1210. The molecule has 1 aliphatic heterocycles. The number of carboxylic acid groups (broad SMARTS) is 1. The van der Waals surface area contributed by atoms with Gasteiger partial charge in [0.15, 0.2) is 15.7 Å². The number of esters is 1. The topological polar surface area (TPSA) is 190 Å². The SMILES string of the molecule is CC(=O)OC(CBr)=C(C(=O)O)N1C(=O)C(NS(=O)(=O)c2ccccc2[N+](=O)[O-])C1SC(=O)C(C)C. The Balaban J connectivity index is 2.55. The molecule has 1 saturated heterocycles. The van der Waals surface area contributed by atoms with Crippen LogP contribution in [-0.4, -0.2) is 63.1 Å². The molecule has 0 spiro atoms. The van der Waals surface area contributed by atoms with Crippen molar-refractivity contribution in [3.8, 4) is 0 Å². The van der Waals surface area contributed by atoms with Crippen LogP contribution in [0.2, 0.25) is 0 Å². The van der Waals surface area contributed by atoms with Crippen LogP contribution in [0.5, 0.6) is 0 Å². The van der Waals surface area contributed by atoms with Gasteiger partial charge in [-0.3, -0.25) is 29.4 Å². The smallest absolute Gasteiger partial charge is 0.356 e. The standard InChI is InChI=1S/C19H20BrN3O10S2/c1-9(2)19(28)34-17-14(21-35(31,32)13-7-5-4-6-11(13)23(29)30)16(25)22(17)15(18(26)27)12(8-20)33-10(3)24/h4-7,9,14,17,21H,8H2,1-3H3,(H,26,27). The summed E-state index contributed by atoms with van der Waals surface area (Å²) in [6, 6.07) is 2.79. The lowest BCUT2D eigenvalue weighted by Crippen LogP contribution is -2.69. The summed E-state index contributed by atoms with van der Waals surface area (Å²) >= 11 is 3.48. The maximum Gasteiger partial charge on any atom is 0.356 e. The Morgan fingerprint density at radius 2 is 1.91 bits per heavy atom. The molecule has 190 valence electrons. The largest absolute Gasteiger partial charge is 0.476 e. The highest BCUT2D eigenvalue weighted by Crippen LogP contribution is 2.38. The van der Waals surface area contributed by atoms with Crippen LogP contribution in [0, 0.1) is 16.0 Å². The Hall–Kier alpha value is -2.82. The fraction of sp³-hybridized carbons (Fsp3) is 0.368. The number of sulfonamides is 1. The molecule has 1 heterocycles. The van der Waals surface area contributed by atoms with Gasteiger partial charge >= 0.3 is 11.9 Å². The van der Waals surface area contributed by atoms with Gasteiger partial charge in [-0.1, -0.05) is 53.7 Å². The molecule has 0 saturated carbocycles. The average Bonchev–Trinajstić information content (AvgIpc) is 2.78. The van der Waals surface area contributed by atoms with Gasteiger partial charge in [-0.25, -0.2) is 13.2 Å². The van der Waals surface area contributed by atoms with Crippen molar-refractivity contribution in [2.75, 3.05) is 5.33 Å². The molecule has 0 aromatic heterocycles. The monoisotopic (exact) mass is 593 g/mol. The summed E-state index contributed by atoms with van der Waals surface area (Å²) in [5.41, 5.74) is -1.51. The number of ether oxygens (including phenoxy) is 1. The number of carboxylic acids is 1. The van der Waals surface area contributed by atoms with Crippen molar-refractivity contribution in [2.24, 2.45) is 5.92 Å². The molecular formula is C19H20BrN3O10S2. The number of para-hydroxylation sites is 1. The van der Waals surface area contributed by atoms with Crippen LogP contribution in [0.3, 0.4) is 0 Å². The van der Waals surface area contributed by atoms with E-state index < -0.39 is 77.3 Å². The van der Waals surface area contributed by atoms with Crippen molar-refractivity contribution in [3.63, 3.8) is 0 Å². The molecule has 35 heavy (non-hydrogen) atoms. The maximum atomic E-state index is 13.0. The highest BCUT2D eigenvalue weighted by Gasteiger charge is 2.55. The van der Waals surface area contributed by atoms with Gasteiger partial charge in [0, 0.05) is 18.9 Å². The Morgan fingerprint density at radius 1 is 1.31 bits per heavy atom. The molecule has 2 atom stereocenters. The number of nitrogens with zero attached hydrogens (tertiary/aromatic N) is 2. The number of hydrogen-bond acceptors (Lipinski definition) is 10. The lowest BCUT2D eigenvalue weighted by Gasteiger charge is -2.46. The number of allylic oxidation sites excluding steroid dienone is 1. The molecule has 1 fully saturated rings. The normalized spacial score (nSPS) is 18.5. The van der Waals surface area contributed by atoms with E-state index >= 15 is 0 Å². The van der Waals surface area contributed by atoms with Crippen LogP contribution in [0.15, 0.2) is 40.6 Å². The number of nitro groups is 1. The first kappa shape index (κ1) is 28.4. The molecule has 2 unspecified atom stereocenters. The van der Waals surface area contributed by atoms with E-state index in [9.17, 15) is 42.8 Å². The molecule has 1 aromatic rings. The molecule has 2 rings (SSSR count). The Kier molecular flexibility index (Phi) is 9.16. The van der Waals surface area contributed by atoms with Gasteiger partial charge in [0.1, 0.15) is 17.2 Å². The van der Waals surface area contributed by atoms with Crippen LogP contribution >= 0.6 is 27.7 Å². The summed E-state index contributed by atoms with van der Waals surface area (Å²) in [6.45, 7) is 4.10. The zero-order valence-corrected chi connectivity index (χ0v) is 21.7. The van der Waals surface area contributed by atoms with Gasteiger partial charge in [-0.05, 0) is 6.07 Å². The molecule has 1 aromatic carbocycles. The third-order valence-electron chi connectivity index (χ3n) is 4.48. The predicted molar refractivity (Wildman–Crippen MR) is 125 cm³/mol. The van der Waals surface area contributed by atoms with E-state index in [-0.39, 0.29) is 5.33 Å². The quantitative estimate of drug-likeness (QED) is 0.0761. The van der Waals surface area contributed by atoms with Crippen LogP contribution < -0.4 is 4.72 Å². The third kappa shape index (κ3) is 6.25. The minimum atomic E-state index is -4.65. The number of hydrogen-bond donors (Lipinski definition) is 2. The fourth-order valence-electron chi connectivity index (χ4n) is 2.92. The third-order valence-corrected chi connectivity index (χ3v) is 7.91.